The number of pyridine rings is 1. The van der Waals surface area contributed by atoms with Crippen molar-refractivity contribution < 1.29 is 0 Å². The predicted molar refractivity (Wildman–Crippen MR) is 61.3 cm³/mol. The van der Waals surface area contributed by atoms with Gasteiger partial charge in [-0.15, -0.1) is 0 Å². The average molecular weight is 205 g/mol. The van der Waals surface area contributed by atoms with Crippen LogP contribution in [-0.2, 0) is 6.54 Å². The highest BCUT2D eigenvalue weighted by Gasteiger charge is 2.38. The van der Waals surface area contributed by atoms with E-state index in [-0.39, 0.29) is 11.6 Å². The van der Waals surface area contributed by atoms with Gasteiger partial charge in [0.05, 0.1) is 5.69 Å². The third kappa shape index (κ3) is 2.03. The van der Waals surface area contributed by atoms with Crippen molar-refractivity contribution >= 4 is 0 Å². The van der Waals surface area contributed by atoms with E-state index in [1.807, 2.05) is 18.3 Å². The lowest BCUT2D eigenvalue weighted by molar-refractivity contribution is 0.152. The van der Waals surface area contributed by atoms with E-state index < -0.39 is 0 Å². The van der Waals surface area contributed by atoms with Gasteiger partial charge < -0.3 is 5.73 Å². The zero-order valence-corrected chi connectivity index (χ0v) is 9.48. The van der Waals surface area contributed by atoms with Gasteiger partial charge >= 0.3 is 0 Å². The number of nitrogens with zero attached hydrogens (tertiary/aromatic N) is 2. The standard InChI is InChI=1S/C12H19N3/c1-12(2)11(13)6-8-15(12)9-10-5-3-4-7-14-10/h3-5,7,11H,6,8-9,13H2,1-2H3. The van der Waals surface area contributed by atoms with Crippen LogP contribution < -0.4 is 5.73 Å². The van der Waals surface area contributed by atoms with E-state index in [9.17, 15) is 0 Å². The van der Waals surface area contributed by atoms with Gasteiger partial charge in [0, 0.05) is 30.9 Å². The van der Waals surface area contributed by atoms with Crippen LogP contribution in [0.5, 0.6) is 0 Å². The molecular formula is C12H19N3. The first-order valence-corrected chi connectivity index (χ1v) is 5.51. The molecule has 0 saturated carbocycles. The second-order valence-electron chi connectivity index (χ2n) is 4.79. The summed E-state index contributed by atoms with van der Waals surface area (Å²) in [5.74, 6) is 0. The van der Waals surface area contributed by atoms with Crippen LogP contribution in [0.4, 0.5) is 0 Å². The molecule has 0 aromatic carbocycles. The lowest BCUT2D eigenvalue weighted by Gasteiger charge is -2.34. The molecule has 2 N–H and O–H groups in total. The Bertz CT molecular complexity index is 321. The Kier molecular flexibility index (Phi) is 2.76. The molecule has 1 aliphatic heterocycles. The highest BCUT2D eigenvalue weighted by Crippen LogP contribution is 2.28. The quantitative estimate of drug-likeness (QED) is 0.793. The molecule has 0 bridgehead atoms. The van der Waals surface area contributed by atoms with E-state index in [1.54, 1.807) is 0 Å². The second-order valence-corrected chi connectivity index (χ2v) is 4.79. The van der Waals surface area contributed by atoms with Crippen molar-refractivity contribution in [1.82, 2.24) is 9.88 Å². The van der Waals surface area contributed by atoms with Crippen LogP contribution in [0.2, 0.25) is 0 Å². The number of hydrogen-bond donors (Lipinski definition) is 1. The minimum absolute atomic E-state index is 0.0948. The third-order valence-electron chi connectivity index (χ3n) is 3.51. The Morgan fingerprint density at radius 1 is 1.53 bits per heavy atom. The molecule has 3 nitrogen and oxygen atoms in total. The van der Waals surface area contributed by atoms with Crippen LogP contribution in [-0.4, -0.2) is 28.0 Å². The maximum Gasteiger partial charge on any atom is 0.0544 e. The molecule has 2 rings (SSSR count). The number of rotatable bonds is 2. The lowest BCUT2D eigenvalue weighted by atomic mass is 9.97. The van der Waals surface area contributed by atoms with E-state index >= 15 is 0 Å². The molecule has 0 spiro atoms. The molecule has 0 amide bonds. The molecule has 1 atom stereocenters. The maximum atomic E-state index is 6.09. The first-order chi connectivity index (χ1) is 7.10. The highest BCUT2D eigenvalue weighted by molar-refractivity contribution is 5.06. The van der Waals surface area contributed by atoms with E-state index in [4.69, 9.17) is 5.73 Å². The molecule has 1 aromatic rings. The zero-order chi connectivity index (χ0) is 10.9. The van der Waals surface area contributed by atoms with Crippen molar-refractivity contribution in [2.24, 2.45) is 5.73 Å². The number of likely N-dealkylation sites (tertiary alicyclic amines) is 1. The molecule has 2 heterocycles. The topological polar surface area (TPSA) is 42.1 Å². The van der Waals surface area contributed by atoms with E-state index in [0.717, 1.165) is 25.2 Å². The molecule has 15 heavy (non-hydrogen) atoms. The minimum atomic E-state index is 0.0948. The van der Waals surface area contributed by atoms with Gasteiger partial charge in [-0.1, -0.05) is 6.07 Å². The van der Waals surface area contributed by atoms with Crippen LogP contribution in [0, 0.1) is 0 Å². The monoisotopic (exact) mass is 205 g/mol. The predicted octanol–water partition coefficient (Wildman–Crippen LogP) is 1.39. The van der Waals surface area contributed by atoms with Crippen LogP contribution in [0.15, 0.2) is 24.4 Å². The molecule has 1 fully saturated rings. The van der Waals surface area contributed by atoms with Gasteiger partial charge in [-0.2, -0.15) is 0 Å². The first-order valence-electron chi connectivity index (χ1n) is 5.51. The summed E-state index contributed by atoms with van der Waals surface area (Å²) >= 11 is 0. The Morgan fingerprint density at radius 2 is 2.33 bits per heavy atom. The van der Waals surface area contributed by atoms with Crippen LogP contribution in [0.1, 0.15) is 26.0 Å². The number of aromatic nitrogens is 1. The minimum Gasteiger partial charge on any atom is -0.326 e. The van der Waals surface area contributed by atoms with Gasteiger partial charge in [0.25, 0.3) is 0 Å². The smallest absolute Gasteiger partial charge is 0.0544 e. The summed E-state index contributed by atoms with van der Waals surface area (Å²) in [5.41, 5.74) is 7.31. The third-order valence-corrected chi connectivity index (χ3v) is 3.51. The van der Waals surface area contributed by atoms with Gasteiger partial charge in [-0.05, 0) is 32.4 Å². The summed E-state index contributed by atoms with van der Waals surface area (Å²) in [7, 11) is 0. The summed E-state index contributed by atoms with van der Waals surface area (Å²) in [6, 6.07) is 6.33. The molecular weight excluding hydrogens is 186 g/mol. The maximum absolute atomic E-state index is 6.09. The Morgan fingerprint density at radius 3 is 2.87 bits per heavy atom. The van der Waals surface area contributed by atoms with Crippen molar-refractivity contribution in [3.05, 3.63) is 30.1 Å². The fraction of sp³-hybridized carbons (Fsp3) is 0.583. The van der Waals surface area contributed by atoms with E-state index in [1.165, 1.54) is 0 Å². The fourth-order valence-corrected chi connectivity index (χ4v) is 2.14. The lowest BCUT2D eigenvalue weighted by Crippen LogP contribution is -2.48. The zero-order valence-electron chi connectivity index (χ0n) is 9.48. The molecule has 3 heteroatoms. The summed E-state index contributed by atoms with van der Waals surface area (Å²) < 4.78 is 0. The fourth-order valence-electron chi connectivity index (χ4n) is 2.14. The van der Waals surface area contributed by atoms with Crippen molar-refractivity contribution in [1.29, 1.82) is 0 Å². The normalized spacial score (nSPS) is 25.7. The van der Waals surface area contributed by atoms with Crippen LogP contribution in [0.3, 0.4) is 0 Å². The molecule has 0 radical (unpaired) electrons. The Labute approximate surface area is 91.3 Å². The van der Waals surface area contributed by atoms with Crippen molar-refractivity contribution in [3.8, 4) is 0 Å². The molecule has 82 valence electrons. The van der Waals surface area contributed by atoms with Crippen LogP contribution in [0.25, 0.3) is 0 Å². The molecule has 1 saturated heterocycles. The molecule has 1 aliphatic rings. The molecule has 0 aliphatic carbocycles. The molecule has 1 aromatic heterocycles. The van der Waals surface area contributed by atoms with E-state index in [0.29, 0.717) is 0 Å². The van der Waals surface area contributed by atoms with Crippen LogP contribution >= 0.6 is 0 Å². The first kappa shape index (κ1) is 10.6. The van der Waals surface area contributed by atoms with Crippen molar-refractivity contribution in [3.63, 3.8) is 0 Å². The van der Waals surface area contributed by atoms with Gasteiger partial charge in [-0.3, -0.25) is 9.88 Å². The summed E-state index contributed by atoms with van der Waals surface area (Å²) in [6.45, 7) is 6.41. The summed E-state index contributed by atoms with van der Waals surface area (Å²) in [5, 5.41) is 0. The largest absolute Gasteiger partial charge is 0.326 e. The van der Waals surface area contributed by atoms with Gasteiger partial charge in [0.1, 0.15) is 0 Å². The average Bonchev–Trinajstić information content (AvgIpc) is 2.47. The van der Waals surface area contributed by atoms with Crippen molar-refractivity contribution in [2.45, 2.75) is 38.4 Å². The van der Waals surface area contributed by atoms with Gasteiger partial charge in [-0.25, -0.2) is 0 Å². The molecule has 1 unspecified atom stereocenters. The Hall–Kier alpha value is -0.930. The van der Waals surface area contributed by atoms with Gasteiger partial charge in [0.15, 0.2) is 0 Å². The summed E-state index contributed by atoms with van der Waals surface area (Å²) in [6.07, 6.45) is 2.93. The number of nitrogens with two attached hydrogens (primary N) is 1. The van der Waals surface area contributed by atoms with Gasteiger partial charge in [0.2, 0.25) is 0 Å². The van der Waals surface area contributed by atoms with E-state index in [2.05, 4.69) is 29.8 Å². The Balaban J connectivity index is 2.08. The second kappa shape index (κ2) is 3.91. The SMILES string of the molecule is CC1(C)C(N)CCN1Cc1ccccn1. The summed E-state index contributed by atoms with van der Waals surface area (Å²) in [4.78, 5) is 6.77. The van der Waals surface area contributed by atoms with Crippen molar-refractivity contribution in [2.75, 3.05) is 6.54 Å². The number of hydrogen-bond acceptors (Lipinski definition) is 3. The highest BCUT2D eigenvalue weighted by atomic mass is 15.2.